The molecule has 0 spiro atoms. The van der Waals surface area contributed by atoms with Gasteiger partial charge in [-0.1, -0.05) is 47.1 Å². The Labute approximate surface area is 190 Å². The number of rotatable bonds is 4. The molecule has 1 saturated heterocycles. The summed E-state index contributed by atoms with van der Waals surface area (Å²) in [5, 5.41) is 9.11. The van der Waals surface area contributed by atoms with Crippen LogP contribution in [0.25, 0.3) is 16.9 Å². The first-order valence-corrected chi connectivity index (χ1v) is 10.8. The van der Waals surface area contributed by atoms with Gasteiger partial charge in [-0.25, -0.2) is 4.68 Å². The Morgan fingerprint density at radius 1 is 0.875 bits per heavy atom. The van der Waals surface area contributed by atoms with Crippen LogP contribution >= 0.6 is 11.6 Å². The quantitative estimate of drug-likeness (QED) is 0.477. The number of carbonyl (C=O) groups excluding carboxylic acids is 1. The van der Waals surface area contributed by atoms with Gasteiger partial charge in [0.1, 0.15) is 5.69 Å². The number of hydrogen-bond donors (Lipinski definition) is 0. The number of hydrogen-bond acceptors (Lipinski definition) is 5. The first-order chi connectivity index (χ1) is 15.7. The highest BCUT2D eigenvalue weighted by Gasteiger charge is 2.29. The summed E-state index contributed by atoms with van der Waals surface area (Å²) in [6, 6.07) is 21.3. The molecule has 32 heavy (non-hydrogen) atoms. The molecule has 7 nitrogen and oxygen atoms in total. The van der Waals surface area contributed by atoms with E-state index in [1.165, 1.54) is 5.69 Å². The van der Waals surface area contributed by atoms with Gasteiger partial charge >= 0.3 is 0 Å². The Kier molecular flexibility index (Phi) is 5.56. The minimum absolute atomic E-state index is 0.144. The molecule has 0 bridgehead atoms. The van der Waals surface area contributed by atoms with E-state index in [1.807, 2.05) is 53.4 Å². The average molecular weight is 445 g/mol. The summed E-state index contributed by atoms with van der Waals surface area (Å²) in [5.74, 6) is -0.144. The maximum absolute atomic E-state index is 13.5. The van der Waals surface area contributed by atoms with Crippen molar-refractivity contribution < 1.29 is 4.79 Å². The van der Waals surface area contributed by atoms with Crippen LogP contribution in [0.1, 0.15) is 10.5 Å². The van der Waals surface area contributed by atoms with Gasteiger partial charge in [0.2, 0.25) is 0 Å². The number of pyridine rings is 1. The molecule has 0 atom stereocenters. The SMILES string of the molecule is O=C(c1nnn(-c2ccccc2Cl)c1-c1cccnc1)N1CCN(c2ccccc2)CC1. The first-order valence-electron chi connectivity index (χ1n) is 10.4. The van der Waals surface area contributed by atoms with Crippen LogP contribution in [0.3, 0.4) is 0 Å². The second-order valence-corrected chi connectivity index (χ2v) is 7.91. The van der Waals surface area contributed by atoms with Crippen LogP contribution in [0.2, 0.25) is 5.02 Å². The van der Waals surface area contributed by atoms with Crippen LogP contribution in [-0.2, 0) is 0 Å². The van der Waals surface area contributed by atoms with Crippen molar-refractivity contribution in [1.29, 1.82) is 0 Å². The fraction of sp³-hybridized carbons (Fsp3) is 0.167. The second kappa shape index (κ2) is 8.80. The molecule has 0 aliphatic carbocycles. The van der Waals surface area contributed by atoms with Crippen LogP contribution in [0.5, 0.6) is 0 Å². The normalized spacial score (nSPS) is 13.9. The molecule has 1 fully saturated rings. The monoisotopic (exact) mass is 444 g/mol. The molecule has 1 amide bonds. The lowest BCUT2D eigenvalue weighted by Gasteiger charge is -2.35. The molecule has 160 valence electrons. The zero-order valence-corrected chi connectivity index (χ0v) is 18.1. The topological polar surface area (TPSA) is 67.2 Å². The van der Waals surface area contributed by atoms with Gasteiger partial charge < -0.3 is 9.80 Å². The van der Waals surface area contributed by atoms with Crippen molar-refractivity contribution in [3.8, 4) is 16.9 Å². The fourth-order valence-corrected chi connectivity index (χ4v) is 4.15. The Hall–Kier alpha value is -3.71. The smallest absolute Gasteiger partial charge is 0.276 e. The number of amides is 1. The zero-order chi connectivity index (χ0) is 21.9. The lowest BCUT2D eigenvalue weighted by Crippen LogP contribution is -2.49. The van der Waals surface area contributed by atoms with Gasteiger partial charge in [-0.3, -0.25) is 9.78 Å². The molecule has 1 aliphatic heterocycles. The lowest BCUT2D eigenvalue weighted by atomic mass is 10.1. The van der Waals surface area contributed by atoms with Crippen molar-refractivity contribution in [2.24, 2.45) is 0 Å². The minimum atomic E-state index is -0.144. The number of anilines is 1. The molecule has 0 N–H and O–H groups in total. The number of benzene rings is 2. The molecule has 5 rings (SSSR count). The molecule has 2 aromatic heterocycles. The summed E-state index contributed by atoms with van der Waals surface area (Å²) in [6.07, 6.45) is 3.40. The fourth-order valence-electron chi connectivity index (χ4n) is 3.94. The summed E-state index contributed by atoms with van der Waals surface area (Å²) >= 11 is 6.42. The zero-order valence-electron chi connectivity index (χ0n) is 17.3. The molecule has 2 aromatic carbocycles. The summed E-state index contributed by atoms with van der Waals surface area (Å²) in [5.41, 5.74) is 3.46. The number of para-hydroxylation sites is 2. The number of carbonyl (C=O) groups is 1. The predicted octanol–water partition coefficient (Wildman–Crippen LogP) is 3.95. The van der Waals surface area contributed by atoms with Crippen LogP contribution < -0.4 is 4.90 Å². The van der Waals surface area contributed by atoms with E-state index < -0.39 is 0 Å². The van der Waals surface area contributed by atoms with E-state index in [1.54, 1.807) is 23.1 Å². The van der Waals surface area contributed by atoms with Crippen molar-refractivity contribution >= 4 is 23.2 Å². The number of nitrogens with zero attached hydrogens (tertiary/aromatic N) is 6. The van der Waals surface area contributed by atoms with E-state index in [0.717, 1.165) is 18.7 Å². The van der Waals surface area contributed by atoms with Crippen molar-refractivity contribution in [3.05, 3.63) is 89.8 Å². The van der Waals surface area contributed by atoms with E-state index in [4.69, 9.17) is 11.6 Å². The number of halogens is 1. The summed E-state index contributed by atoms with van der Waals surface area (Å²) in [7, 11) is 0. The van der Waals surface area contributed by atoms with E-state index in [2.05, 4.69) is 32.3 Å². The molecule has 0 unspecified atom stereocenters. The number of aromatic nitrogens is 4. The van der Waals surface area contributed by atoms with E-state index >= 15 is 0 Å². The molecule has 3 heterocycles. The van der Waals surface area contributed by atoms with Gasteiger partial charge in [0, 0.05) is 49.8 Å². The number of piperazine rings is 1. The predicted molar refractivity (Wildman–Crippen MR) is 124 cm³/mol. The van der Waals surface area contributed by atoms with Gasteiger partial charge in [0.25, 0.3) is 5.91 Å². The van der Waals surface area contributed by atoms with Crippen molar-refractivity contribution in [3.63, 3.8) is 0 Å². The Bertz CT molecular complexity index is 1220. The third-order valence-electron chi connectivity index (χ3n) is 5.58. The van der Waals surface area contributed by atoms with Gasteiger partial charge in [-0.2, -0.15) is 0 Å². The highest BCUT2D eigenvalue weighted by Crippen LogP contribution is 2.29. The third-order valence-corrected chi connectivity index (χ3v) is 5.90. The lowest BCUT2D eigenvalue weighted by molar-refractivity contribution is 0.0741. The van der Waals surface area contributed by atoms with E-state index in [-0.39, 0.29) is 5.91 Å². The Morgan fingerprint density at radius 2 is 1.62 bits per heavy atom. The molecule has 0 saturated carbocycles. The Morgan fingerprint density at radius 3 is 2.34 bits per heavy atom. The summed E-state index contributed by atoms with van der Waals surface area (Å²) in [4.78, 5) is 21.8. The molecule has 1 aliphatic rings. The Balaban J connectivity index is 1.46. The van der Waals surface area contributed by atoms with Gasteiger partial charge in [0.05, 0.1) is 10.7 Å². The van der Waals surface area contributed by atoms with Crippen molar-refractivity contribution in [2.75, 3.05) is 31.1 Å². The van der Waals surface area contributed by atoms with Crippen LogP contribution in [0.15, 0.2) is 79.1 Å². The largest absolute Gasteiger partial charge is 0.368 e. The van der Waals surface area contributed by atoms with E-state index in [9.17, 15) is 4.79 Å². The van der Waals surface area contributed by atoms with Crippen LogP contribution in [0.4, 0.5) is 5.69 Å². The third kappa shape index (κ3) is 3.83. The minimum Gasteiger partial charge on any atom is -0.368 e. The molecular formula is C24H21ClN6O. The van der Waals surface area contributed by atoms with Crippen molar-refractivity contribution in [1.82, 2.24) is 24.9 Å². The molecule has 8 heteroatoms. The summed E-state index contributed by atoms with van der Waals surface area (Å²) < 4.78 is 1.62. The maximum Gasteiger partial charge on any atom is 0.276 e. The van der Waals surface area contributed by atoms with Crippen LogP contribution in [-0.4, -0.2) is 57.0 Å². The molecular weight excluding hydrogens is 424 g/mol. The van der Waals surface area contributed by atoms with Gasteiger partial charge in [-0.05, 0) is 36.4 Å². The van der Waals surface area contributed by atoms with Gasteiger partial charge in [0.15, 0.2) is 5.69 Å². The standard InChI is InChI=1S/C24H21ClN6O/c25-20-10-4-5-11-21(20)31-23(18-7-6-12-26-17-18)22(27-28-31)24(32)30-15-13-29(14-16-30)19-8-2-1-3-9-19/h1-12,17H,13-16H2. The van der Waals surface area contributed by atoms with Crippen molar-refractivity contribution in [2.45, 2.75) is 0 Å². The molecule has 4 aromatic rings. The second-order valence-electron chi connectivity index (χ2n) is 7.51. The summed E-state index contributed by atoms with van der Waals surface area (Å²) in [6.45, 7) is 2.74. The maximum atomic E-state index is 13.5. The molecule has 0 radical (unpaired) electrons. The van der Waals surface area contributed by atoms with Crippen LogP contribution in [0, 0.1) is 0 Å². The highest BCUT2D eigenvalue weighted by molar-refractivity contribution is 6.32. The van der Waals surface area contributed by atoms with Gasteiger partial charge in [-0.15, -0.1) is 5.10 Å². The first kappa shape index (κ1) is 20.2. The van der Waals surface area contributed by atoms with E-state index in [0.29, 0.717) is 35.2 Å². The highest BCUT2D eigenvalue weighted by atomic mass is 35.5. The average Bonchev–Trinajstić information content (AvgIpc) is 3.30.